The van der Waals surface area contributed by atoms with Crippen LogP contribution in [0.5, 0.6) is 5.75 Å². The topological polar surface area (TPSA) is 41.5 Å². The van der Waals surface area contributed by atoms with Crippen LogP contribution in [0.1, 0.15) is 43.4 Å². The first-order chi connectivity index (χ1) is 8.66. The molecule has 0 bridgehead atoms. The largest absolute Gasteiger partial charge is 0.508 e. The van der Waals surface area contributed by atoms with Gasteiger partial charge in [0.1, 0.15) is 5.75 Å². The molecule has 3 nitrogen and oxygen atoms in total. The van der Waals surface area contributed by atoms with Gasteiger partial charge in [-0.3, -0.25) is 0 Å². The van der Waals surface area contributed by atoms with Crippen molar-refractivity contribution >= 4 is 0 Å². The zero-order valence-electron chi connectivity index (χ0n) is 11.3. The second-order valence-electron chi connectivity index (χ2n) is 5.18. The van der Waals surface area contributed by atoms with E-state index in [1.54, 1.807) is 6.07 Å². The highest BCUT2D eigenvalue weighted by Crippen LogP contribution is 2.25. The molecule has 100 valence electrons. The molecule has 0 aromatic heterocycles. The molecule has 1 aliphatic rings. The van der Waals surface area contributed by atoms with E-state index in [9.17, 15) is 5.11 Å². The molecule has 18 heavy (non-hydrogen) atoms. The summed E-state index contributed by atoms with van der Waals surface area (Å²) in [6, 6.07) is 5.88. The van der Waals surface area contributed by atoms with Gasteiger partial charge in [-0.05, 0) is 39.2 Å². The molecule has 1 aliphatic heterocycles. The summed E-state index contributed by atoms with van der Waals surface area (Å²) in [5, 5.41) is 13.3. The van der Waals surface area contributed by atoms with E-state index in [0.717, 1.165) is 25.1 Å². The van der Waals surface area contributed by atoms with Gasteiger partial charge in [-0.1, -0.05) is 17.7 Å². The van der Waals surface area contributed by atoms with Gasteiger partial charge in [-0.15, -0.1) is 0 Å². The lowest BCUT2D eigenvalue weighted by atomic mass is 10.0. The van der Waals surface area contributed by atoms with Crippen LogP contribution in [-0.4, -0.2) is 24.4 Å². The molecule has 2 atom stereocenters. The van der Waals surface area contributed by atoms with Gasteiger partial charge in [0, 0.05) is 24.8 Å². The molecule has 3 heteroatoms. The molecule has 0 aliphatic carbocycles. The smallest absolute Gasteiger partial charge is 0.120 e. The van der Waals surface area contributed by atoms with Crippen molar-refractivity contribution < 1.29 is 9.84 Å². The van der Waals surface area contributed by atoms with Crippen molar-refractivity contribution in [2.24, 2.45) is 0 Å². The van der Waals surface area contributed by atoms with Crippen molar-refractivity contribution in [2.45, 2.75) is 45.3 Å². The highest BCUT2D eigenvalue weighted by atomic mass is 16.5. The van der Waals surface area contributed by atoms with Crippen LogP contribution in [0, 0.1) is 6.92 Å². The lowest BCUT2D eigenvalue weighted by Crippen LogP contribution is -2.33. The SMILES string of the molecule is Cc1ccc(O)c(C(C)NCC2CCCCO2)c1. The summed E-state index contributed by atoms with van der Waals surface area (Å²) < 4.78 is 5.69. The maximum atomic E-state index is 9.87. The van der Waals surface area contributed by atoms with Gasteiger partial charge in [0.05, 0.1) is 6.10 Å². The number of aromatic hydroxyl groups is 1. The number of ether oxygens (including phenoxy) is 1. The van der Waals surface area contributed by atoms with E-state index in [-0.39, 0.29) is 6.04 Å². The van der Waals surface area contributed by atoms with E-state index in [2.05, 4.69) is 12.2 Å². The third-order valence-electron chi connectivity index (χ3n) is 3.58. The maximum Gasteiger partial charge on any atom is 0.120 e. The zero-order chi connectivity index (χ0) is 13.0. The van der Waals surface area contributed by atoms with Gasteiger partial charge in [-0.2, -0.15) is 0 Å². The summed E-state index contributed by atoms with van der Waals surface area (Å²) in [4.78, 5) is 0. The highest BCUT2D eigenvalue weighted by Gasteiger charge is 2.16. The van der Waals surface area contributed by atoms with Crippen LogP contribution >= 0.6 is 0 Å². The number of nitrogens with one attached hydrogen (secondary N) is 1. The van der Waals surface area contributed by atoms with Gasteiger partial charge in [-0.25, -0.2) is 0 Å². The maximum absolute atomic E-state index is 9.87. The molecule has 0 amide bonds. The summed E-state index contributed by atoms with van der Waals surface area (Å²) in [7, 11) is 0. The molecule has 0 saturated carbocycles. The number of aryl methyl sites for hydroxylation is 1. The fraction of sp³-hybridized carbons (Fsp3) is 0.600. The Morgan fingerprint density at radius 1 is 1.44 bits per heavy atom. The first kappa shape index (κ1) is 13.4. The second kappa shape index (κ2) is 6.21. The minimum atomic E-state index is 0.149. The van der Waals surface area contributed by atoms with Crippen molar-refractivity contribution in [1.29, 1.82) is 0 Å². The van der Waals surface area contributed by atoms with Crippen molar-refractivity contribution in [1.82, 2.24) is 5.32 Å². The summed E-state index contributed by atoms with van der Waals surface area (Å²) in [6.07, 6.45) is 3.91. The lowest BCUT2D eigenvalue weighted by Gasteiger charge is -2.25. The molecule has 1 aromatic rings. The van der Waals surface area contributed by atoms with Crippen LogP contribution in [0.15, 0.2) is 18.2 Å². The predicted molar refractivity (Wildman–Crippen MR) is 72.9 cm³/mol. The minimum Gasteiger partial charge on any atom is -0.508 e. The molecule has 0 radical (unpaired) electrons. The van der Waals surface area contributed by atoms with Crippen molar-refractivity contribution in [3.8, 4) is 5.75 Å². The third kappa shape index (κ3) is 3.47. The Morgan fingerprint density at radius 3 is 3.00 bits per heavy atom. The molecule has 1 fully saturated rings. The monoisotopic (exact) mass is 249 g/mol. The summed E-state index contributed by atoms with van der Waals surface area (Å²) in [6.45, 7) is 5.86. The lowest BCUT2D eigenvalue weighted by molar-refractivity contribution is 0.0156. The summed E-state index contributed by atoms with van der Waals surface area (Å²) >= 11 is 0. The van der Waals surface area contributed by atoms with Crippen molar-refractivity contribution in [3.63, 3.8) is 0 Å². The quantitative estimate of drug-likeness (QED) is 0.862. The summed E-state index contributed by atoms with van der Waals surface area (Å²) in [5.74, 6) is 0.366. The Balaban J connectivity index is 1.90. The van der Waals surface area contributed by atoms with E-state index in [1.165, 1.54) is 18.4 Å². The van der Waals surface area contributed by atoms with Crippen LogP contribution in [0.4, 0.5) is 0 Å². The number of benzene rings is 1. The van der Waals surface area contributed by atoms with Crippen LogP contribution < -0.4 is 5.32 Å². The van der Waals surface area contributed by atoms with Gasteiger partial charge in [0.2, 0.25) is 0 Å². The highest BCUT2D eigenvalue weighted by molar-refractivity contribution is 5.37. The van der Waals surface area contributed by atoms with Crippen LogP contribution in [0.25, 0.3) is 0 Å². The van der Waals surface area contributed by atoms with E-state index in [0.29, 0.717) is 11.9 Å². The average molecular weight is 249 g/mol. The van der Waals surface area contributed by atoms with E-state index < -0.39 is 0 Å². The normalized spacial score (nSPS) is 21.8. The van der Waals surface area contributed by atoms with Gasteiger partial charge in [0.25, 0.3) is 0 Å². The standard InChI is InChI=1S/C15H23NO2/c1-11-6-7-15(17)14(9-11)12(2)16-10-13-5-3-4-8-18-13/h6-7,9,12-13,16-17H,3-5,8,10H2,1-2H3. The number of rotatable bonds is 4. The second-order valence-corrected chi connectivity index (χ2v) is 5.18. The molecule has 1 heterocycles. The van der Waals surface area contributed by atoms with Crippen molar-refractivity contribution in [3.05, 3.63) is 29.3 Å². The predicted octanol–water partition coefficient (Wildman–Crippen LogP) is 2.92. The van der Waals surface area contributed by atoms with E-state index in [4.69, 9.17) is 4.74 Å². The molecule has 2 unspecified atom stereocenters. The van der Waals surface area contributed by atoms with Gasteiger partial charge in [0.15, 0.2) is 0 Å². The van der Waals surface area contributed by atoms with Gasteiger partial charge < -0.3 is 15.2 Å². The fourth-order valence-corrected chi connectivity index (χ4v) is 2.41. The first-order valence-electron chi connectivity index (χ1n) is 6.81. The average Bonchev–Trinajstić information content (AvgIpc) is 2.40. The van der Waals surface area contributed by atoms with Crippen LogP contribution in [-0.2, 0) is 4.74 Å². The molecule has 2 rings (SSSR count). The number of phenolic OH excluding ortho intramolecular Hbond substituents is 1. The van der Waals surface area contributed by atoms with E-state index >= 15 is 0 Å². The Labute approximate surface area is 109 Å². The zero-order valence-corrected chi connectivity index (χ0v) is 11.3. The molecule has 1 saturated heterocycles. The number of hydrogen-bond acceptors (Lipinski definition) is 3. The summed E-state index contributed by atoms with van der Waals surface area (Å²) in [5.41, 5.74) is 2.14. The molecular weight excluding hydrogens is 226 g/mol. The van der Waals surface area contributed by atoms with Gasteiger partial charge >= 0.3 is 0 Å². The number of phenols is 1. The molecule has 2 N–H and O–H groups in total. The Bertz CT molecular complexity index is 386. The van der Waals surface area contributed by atoms with Crippen LogP contribution in [0.2, 0.25) is 0 Å². The third-order valence-corrected chi connectivity index (χ3v) is 3.58. The van der Waals surface area contributed by atoms with Crippen LogP contribution in [0.3, 0.4) is 0 Å². The first-order valence-corrected chi connectivity index (χ1v) is 6.81. The Kier molecular flexibility index (Phi) is 4.61. The minimum absolute atomic E-state index is 0.149. The fourth-order valence-electron chi connectivity index (χ4n) is 2.41. The Hall–Kier alpha value is -1.06. The number of hydrogen-bond donors (Lipinski definition) is 2. The van der Waals surface area contributed by atoms with E-state index in [1.807, 2.05) is 19.1 Å². The molecule has 0 spiro atoms. The van der Waals surface area contributed by atoms with Crippen molar-refractivity contribution in [2.75, 3.05) is 13.2 Å². The molecule has 1 aromatic carbocycles. The molecular formula is C15H23NO2. The Morgan fingerprint density at radius 2 is 2.28 bits per heavy atom.